The van der Waals surface area contributed by atoms with E-state index < -0.39 is 17.7 Å². The molecule has 0 aliphatic rings. The van der Waals surface area contributed by atoms with Gasteiger partial charge in [-0.25, -0.2) is 8.78 Å². The molecular formula is C14H11ClF2O. The molecule has 0 radical (unpaired) electrons. The van der Waals surface area contributed by atoms with Crippen LogP contribution in [0.1, 0.15) is 17.2 Å². The Morgan fingerprint density at radius 2 is 1.83 bits per heavy atom. The van der Waals surface area contributed by atoms with Crippen LogP contribution >= 0.6 is 11.6 Å². The van der Waals surface area contributed by atoms with Crippen LogP contribution in [-0.2, 0) is 6.42 Å². The molecule has 0 spiro atoms. The summed E-state index contributed by atoms with van der Waals surface area (Å²) in [4.78, 5) is 0. The predicted octanol–water partition coefficient (Wildman–Crippen LogP) is 3.89. The highest BCUT2D eigenvalue weighted by Gasteiger charge is 2.15. The quantitative estimate of drug-likeness (QED) is 0.895. The topological polar surface area (TPSA) is 20.2 Å². The van der Waals surface area contributed by atoms with Crippen LogP contribution in [0.4, 0.5) is 8.78 Å². The largest absolute Gasteiger partial charge is 0.388 e. The second-order valence-corrected chi connectivity index (χ2v) is 4.38. The summed E-state index contributed by atoms with van der Waals surface area (Å²) in [5, 5.41) is 10.3. The molecule has 18 heavy (non-hydrogen) atoms. The fourth-order valence-electron chi connectivity index (χ4n) is 1.75. The Bertz CT molecular complexity index is 557. The van der Waals surface area contributed by atoms with E-state index in [1.54, 1.807) is 18.2 Å². The van der Waals surface area contributed by atoms with Crippen molar-refractivity contribution in [2.45, 2.75) is 12.5 Å². The smallest absolute Gasteiger partial charge is 0.126 e. The fraction of sp³-hybridized carbons (Fsp3) is 0.143. The third-order valence-electron chi connectivity index (χ3n) is 2.69. The molecule has 94 valence electrons. The van der Waals surface area contributed by atoms with E-state index in [-0.39, 0.29) is 17.0 Å². The average molecular weight is 269 g/mol. The Labute approximate surface area is 109 Å². The summed E-state index contributed by atoms with van der Waals surface area (Å²) in [5.74, 6) is -0.883. The minimum Gasteiger partial charge on any atom is -0.388 e. The summed E-state index contributed by atoms with van der Waals surface area (Å²) >= 11 is 5.88. The number of rotatable bonds is 3. The monoisotopic (exact) mass is 268 g/mol. The summed E-state index contributed by atoms with van der Waals surface area (Å²) in [6, 6.07) is 9.88. The van der Waals surface area contributed by atoms with Gasteiger partial charge in [-0.15, -0.1) is 0 Å². The molecule has 1 N–H and O–H groups in total. The molecule has 4 heteroatoms. The second kappa shape index (κ2) is 5.46. The zero-order valence-electron chi connectivity index (χ0n) is 9.41. The highest BCUT2D eigenvalue weighted by atomic mass is 35.5. The maximum Gasteiger partial charge on any atom is 0.126 e. The van der Waals surface area contributed by atoms with Gasteiger partial charge in [0.05, 0.1) is 6.10 Å². The molecule has 0 fully saturated rings. The predicted molar refractivity (Wildman–Crippen MR) is 66.5 cm³/mol. The van der Waals surface area contributed by atoms with E-state index in [9.17, 15) is 13.9 Å². The number of aliphatic hydroxyl groups is 1. The zero-order valence-corrected chi connectivity index (χ0v) is 10.2. The van der Waals surface area contributed by atoms with Crippen LogP contribution in [0.25, 0.3) is 0 Å². The van der Waals surface area contributed by atoms with Gasteiger partial charge in [0, 0.05) is 17.0 Å². The molecule has 0 aliphatic carbocycles. The van der Waals surface area contributed by atoms with Crippen molar-refractivity contribution in [3.63, 3.8) is 0 Å². The van der Waals surface area contributed by atoms with Crippen molar-refractivity contribution < 1.29 is 13.9 Å². The van der Waals surface area contributed by atoms with E-state index >= 15 is 0 Å². The van der Waals surface area contributed by atoms with Crippen LogP contribution in [0.2, 0.25) is 5.02 Å². The lowest BCUT2D eigenvalue weighted by atomic mass is 10.0. The maximum atomic E-state index is 13.4. The van der Waals surface area contributed by atoms with E-state index in [4.69, 9.17) is 11.6 Å². The Morgan fingerprint density at radius 1 is 1.11 bits per heavy atom. The molecular weight excluding hydrogens is 258 g/mol. The van der Waals surface area contributed by atoms with Gasteiger partial charge in [0.2, 0.25) is 0 Å². The van der Waals surface area contributed by atoms with Crippen molar-refractivity contribution in [3.8, 4) is 0 Å². The molecule has 2 aromatic rings. The van der Waals surface area contributed by atoms with E-state index in [1.807, 2.05) is 0 Å². The highest BCUT2D eigenvalue weighted by molar-refractivity contribution is 6.31. The SMILES string of the molecule is OC(Cc1ccccc1F)c1cc(F)ccc1Cl. The van der Waals surface area contributed by atoms with Gasteiger partial charge >= 0.3 is 0 Å². The molecule has 0 aromatic heterocycles. The molecule has 0 aliphatic heterocycles. The molecule has 0 saturated heterocycles. The maximum absolute atomic E-state index is 13.4. The third-order valence-corrected chi connectivity index (χ3v) is 3.03. The highest BCUT2D eigenvalue weighted by Crippen LogP contribution is 2.27. The van der Waals surface area contributed by atoms with Crippen molar-refractivity contribution in [3.05, 3.63) is 70.2 Å². The Balaban J connectivity index is 2.25. The first-order valence-corrected chi connectivity index (χ1v) is 5.82. The summed E-state index contributed by atoms with van der Waals surface area (Å²) in [6.45, 7) is 0. The average Bonchev–Trinajstić information content (AvgIpc) is 2.35. The summed E-state index contributed by atoms with van der Waals surface area (Å²) < 4.78 is 26.5. The van der Waals surface area contributed by atoms with Gasteiger partial charge in [0.1, 0.15) is 11.6 Å². The Kier molecular flexibility index (Phi) is 3.94. The normalized spacial score (nSPS) is 12.4. The van der Waals surface area contributed by atoms with E-state index in [2.05, 4.69) is 0 Å². The molecule has 0 heterocycles. The van der Waals surface area contributed by atoms with Crippen molar-refractivity contribution in [2.24, 2.45) is 0 Å². The van der Waals surface area contributed by atoms with E-state index in [0.717, 1.165) is 6.07 Å². The molecule has 2 aromatic carbocycles. The first kappa shape index (κ1) is 13.0. The van der Waals surface area contributed by atoms with Gasteiger partial charge in [0.15, 0.2) is 0 Å². The van der Waals surface area contributed by atoms with Crippen LogP contribution < -0.4 is 0 Å². The number of hydrogen-bond donors (Lipinski definition) is 1. The van der Waals surface area contributed by atoms with Crippen LogP contribution in [0.15, 0.2) is 42.5 Å². The van der Waals surface area contributed by atoms with Crippen molar-refractivity contribution in [1.29, 1.82) is 0 Å². The van der Waals surface area contributed by atoms with Crippen molar-refractivity contribution in [2.75, 3.05) is 0 Å². The lowest BCUT2D eigenvalue weighted by Gasteiger charge is -2.13. The van der Waals surface area contributed by atoms with Crippen LogP contribution in [0, 0.1) is 11.6 Å². The first-order valence-electron chi connectivity index (χ1n) is 5.44. The summed E-state index contributed by atoms with van der Waals surface area (Å²) in [7, 11) is 0. The van der Waals surface area contributed by atoms with E-state index in [0.29, 0.717) is 5.56 Å². The van der Waals surface area contributed by atoms with Gasteiger partial charge in [-0.3, -0.25) is 0 Å². The van der Waals surface area contributed by atoms with Gasteiger partial charge < -0.3 is 5.11 Å². The summed E-state index contributed by atoms with van der Waals surface area (Å²) in [6.07, 6.45) is -0.986. The number of aliphatic hydroxyl groups excluding tert-OH is 1. The molecule has 1 nitrogen and oxygen atoms in total. The van der Waals surface area contributed by atoms with Gasteiger partial charge in [-0.2, -0.15) is 0 Å². The Morgan fingerprint density at radius 3 is 2.56 bits per heavy atom. The lowest BCUT2D eigenvalue weighted by Crippen LogP contribution is -2.04. The summed E-state index contributed by atoms with van der Waals surface area (Å²) in [5.41, 5.74) is 0.630. The molecule has 2 rings (SSSR count). The standard InChI is InChI=1S/C14H11ClF2O/c15-12-6-5-10(16)8-11(12)14(18)7-9-3-1-2-4-13(9)17/h1-6,8,14,18H,7H2. The van der Waals surface area contributed by atoms with Gasteiger partial charge in [-0.05, 0) is 29.8 Å². The number of halogens is 3. The minimum absolute atomic E-state index is 0.0514. The van der Waals surface area contributed by atoms with Crippen LogP contribution in [-0.4, -0.2) is 5.11 Å². The van der Waals surface area contributed by atoms with Crippen molar-refractivity contribution in [1.82, 2.24) is 0 Å². The zero-order chi connectivity index (χ0) is 13.1. The number of benzene rings is 2. The molecule has 0 saturated carbocycles. The van der Waals surface area contributed by atoms with E-state index in [1.165, 1.54) is 18.2 Å². The Hall–Kier alpha value is -1.45. The molecule has 0 bridgehead atoms. The fourth-order valence-corrected chi connectivity index (χ4v) is 2.00. The molecule has 0 amide bonds. The van der Waals surface area contributed by atoms with Crippen LogP contribution in [0.3, 0.4) is 0 Å². The van der Waals surface area contributed by atoms with Gasteiger partial charge in [0.25, 0.3) is 0 Å². The lowest BCUT2D eigenvalue weighted by molar-refractivity contribution is 0.177. The first-order chi connectivity index (χ1) is 8.58. The molecule has 1 atom stereocenters. The molecule has 1 unspecified atom stereocenters. The number of hydrogen-bond acceptors (Lipinski definition) is 1. The minimum atomic E-state index is -1.04. The van der Waals surface area contributed by atoms with Gasteiger partial charge in [-0.1, -0.05) is 29.8 Å². The third kappa shape index (κ3) is 2.86. The second-order valence-electron chi connectivity index (χ2n) is 3.98. The van der Waals surface area contributed by atoms with Crippen molar-refractivity contribution >= 4 is 11.6 Å². The van der Waals surface area contributed by atoms with Crippen LogP contribution in [0.5, 0.6) is 0 Å².